The fourth-order valence-electron chi connectivity index (χ4n) is 1.37. The zero-order valence-electron chi connectivity index (χ0n) is 11.0. The minimum absolute atomic E-state index is 0.0848. The number of carbonyl (C=O) groups is 2. The highest BCUT2D eigenvalue weighted by Gasteiger charge is 2.16. The maximum absolute atomic E-state index is 12.9. The van der Waals surface area contributed by atoms with Crippen LogP contribution < -0.4 is 10.4 Å². The van der Waals surface area contributed by atoms with Crippen LogP contribution >= 0.6 is 0 Å². The van der Waals surface area contributed by atoms with Crippen molar-refractivity contribution >= 4 is 12.1 Å². The number of carboxylic acid groups (broad SMARTS) is 1. The molecule has 1 aromatic carbocycles. The molecule has 104 valence electrons. The van der Waals surface area contributed by atoms with Gasteiger partial charge in [-0.2, -0.15) is 0 Å². The number of hydrogen-bond acceptors (Lipinski definition) is 4. The van der Waals surface area contributed by atoms with E-state index in [1.165, 1.54) is 6.07 Å². The zero-order chi connectivity index (χ0) is 14.6. The number of benzene rings is 1. The van der Waals surface area contributed by atoms with Gasteiger partial charge in [-0.1, -0.05) is 6.07 Å². The Morgan fingerprint density at radius 3 is 2.53 bits per heavy atom. The van der Waals surface area contributed by atoms with Gasteiger partial charge in [0.05, 0.1) is 5.97 Å². The molecule has 0 fully saturated rings. The molecule has 19 heavy (non-hydrogen) atoms. The van der Waals surface area contributed by atoms with Crippen molar-refractivity contribution in [1.82, 2.24) is 5.32 Å². The van der Waals surface area contributed by atoms with Crippen LogP contribution in [0.1, 0.15) is 36.7 Å². The number of nitrogens with one attached hydrogen (secondary N) is 1. The van der Waals surface area contributed by atoms with Crippen LogP contribution in [-0.4, -0.2) is 17.7 Å². The Morgan fingerprint density at radius 2 is 2.00 bits per heavy atom. The van der Waals surface area contributed by atoms with Crippen LogP contribution in [0.3, 0.4) is 0 Å². The predicted octanol–water partition coefficient (Wildman–Crippen LogP) is 1.21. The molecule has 0 spiro atoms. The average Bonchev–Trinajstić information content (AvgIpc) is 2.24. The Labute approximate surface area is 110 Å². The molecule has 0 saturated heterocycles. The standard InChI is InChI=1S/C13H16FNO4/c1-13(2,3)19-12(18)15-7-8-4-5-9(14)6-10(8)11(16)17/h4-6H,7H2,1-3H3,(H,15,18)(H,16,17)/p-1. The summed E-state index contributed by atoms with van der Waals surface area (Å²) >= 11 is 0. The van der Waals surface area contributed by atoms with Gasteiger partial charge in [-0.15, -0.1) is 0 Å². The third-order valence-corrected chi connectivity index (χ3v) is 2.11. The van der Waals surface area contributed by atoms with Crippen molar-refractivity contribution in [3.8, 4) is 0 Å². The molecule has 0 atom stereocenters. The van der Waals surface area contributed by atoms with E-state index in [0.29, 0.717) is 0 Å². The van der Waals surface area contributed by atoms with E-state index in [-0.39, 0.29) is 17.7 Å². The molecule has 1 amide bonds. The Bertz CT molecular complexity index is 494. The van der Waals surface area contributed by atoms with Gasteiger partial charge in [0.15, 0.2) is 0 Å². The van der Waals surface area contributed by atoms with E-state index in [0.717, 1.165) is 12.1 Å². The molecule has 1 aromatic rings. The first-order chi connectivity index (χ1) is 8.69. The van der Waals surface area contributed by atoms with E-state index >= 15 is 0 Å². The first-order valence-electron chi connectivity index (χ1n) is 5.65. The molecule has 0 aliphatic rings. The van der Waals surface area contributed by atoms with Crippen LogP contribution in [0.2, 0.25) is 0 Å². The SMILES string of the molecule is CC(C)(C)OC(=O)NCc1ccc(F)cc1C(=O)[O-]. The molecule has 1 rings (SSSR count). The Kier molecular flexibility index (Phi) is 4.47. The molecule has 1 N–H and O–H groups in total. The molecule has 0 aromatic heterocycles. The van der Waals surface area contributed by atoms with Gasteiger partial charge < -0.3 is 20.0 Å². The van der Waals surface area contributed by atoms with Crippen molar-refractivity contribution in [3.05, 3.63) is 35.1 Å². The van der Waals surface area contributed by atoms with Gasteiger partial charge in [0.2, 0.25) is 0 Å². The van der Waals surface area contributed by atoms with Crippen molar-refractivity contribution in [3.63, 3.8) is 0 Å². The van der Waals surface area contributed by atoms with E-state index in [1.807, 2.05) is 0 Å². The molecule has 0 unspecified atom stereocenters. The summed E-state index contributed by atoms with van der Waals surface area (Å²) in [7, 11) is 0. The number of aromatic carboxylic acids is 1. The highest BCUT2D eigenvalue weighted by atomic mass is 19.1. The monoisotopic (exact) mass is 268 g/mol. The van der Waals surface area contributed by atoms with Gasteiger partial charge in [-0.25, -0.2) is 9.18 Å². The highest BCUT2D eigenvalue weighted by molar-refractivity contribution is 5.87. The van der Waals surface area contributed by atoms with Crippen LogP contribution in [0.4, 0.5) is 9.18 Å². The Morgan fingerprint density at radius 1 is 1.37 bits per heavy atom. The van der Waals surface area contributed by atoms with Crippen LogP contribution in [0.5, 0.6) is 0 Å². The summed E-state index contributed by atoms with van der Waals surface area (Å²) in [6, 6.07) is 3.23. The van der Waals surface area contributed by atoms with Gasteiger partial charge in [-0.05, 0) is 38.5 Å². The van der Waals surface area contributed by atoms with Gasteiger partial charge in [0, 0.05) is 12.1 Å². The number of hydrogen-bond donors (Lipinski definition) is 1. The van der Waals surface area contributed by atoms with Gasteiger partial charge in [-0.3, -0.25) is 0 Å². The van der Waals surface area contributed by atoms with E-state index in [9.17, 15) is 19.1 Å². The molecular weight excluding hydrogens is 253 g/mol. The number of alkyl carbamates (subject to hydrolysis) is 1. The largest absolute Gasteiger partial charge is 0.545 e. The Balaban J connectivity index is 2.73. The molecule has 0 bridgehead atoms. The lowest BCUT2D eigenvalue weighted by Crippen LogP contribution is -2.33. The molecule has 5 nitrogen and oxygen atoms in total. The van der Waals surface area contributed by atoms with Gasteiger partial charge in [0.1, 0.15) is 11.4 Å². The van der Waals surface area contributed by atoms with E-state index in [2.05, 4.69) is 5.32 Å². The second-order valence-electron chi connectivity index (χ2n) is 4.94. The topological polar surface area (TPSA) is 78.5 Å². The summed E-state index contributed by atoms with van der Waals surface area (Å²) in [5.74, 6) is -2.18. The quantitative estimate of drug-likeness (QED) is 0.893. The lowest BCUT2D eigenvalue weighted by Gasteiger charge is -2.20. The fourth-order valence-corrected chi connectivity index (χ4v) is 1.37. The summed E-state index contributed by atoms with van der Waals surface area (Å²) < 4.78 is 17.9. The number of ether oxygens (including phenoxy) is 1. The summed E-state index contributed by atoms with van der Waals surface area (Å²) in [5, 5.41) is 13.2. The summed E-state index contributed by atoms with van der Waals surface area (Å²) in [6.07, 6.45) is -0.680. The molecule has 0 heterocycles. The summed E-state index contributed by atoms with van der Waals surface area (Å²) in [4.78, 5) is 22.2. The van der Waals surface area contributed by atoms with Crippen LogP contribution in [0.25, 0.3) is 0 Å². The van der Waals surface area contributed by atoms with Crippen molar-refractivity contribution in [2.24, 2.45) is 0 Å². The number of halogens is 1. The average molecular weight is 268 g/mol. The minimum atomic E-state index is -1.50. The van der Waals surface area contributed by atoms with E-state index in [4.69, 9.17) is 4.74 Å². The molecular formula is C13H15FNO4-. The third kappa shape index (κ3) is 4.95. The Hall–Kier alpha value is -2.11. The van der Waals surface area contributed by atoms with Crippen molar-refractivity contribution in [2.75, 3.05) is 0 Å². The van der Waals surface area contributed by atoms with Crippen LogP contribution in [0.15, 0.2) is 18.2 Å². The number of carbonyl (C=O) groups excluding carboxylic acids is 2. The molecule has 0 aliphatic heterocycles. The fraction of sp³-hybridized carbons (Fsp3) is 0.385. The maximum Gasteiger partial charge on any atom is 0.407 e. The number of amides is 1. The van der Waals surface area contributed by atoms with Crippen LogP contribution in [0, 0.1) is 5.82 Å². The van der Waals surface area contributed by atoms with Crippen molar-refractivity contribution < 1.29 is 23.8 Å². The second-order valence-corrected chi connectivity index (χ2v) is 4.94. The third-order valence-electron chi connectivity index (χ3n) is 2.11. The van der Waals surface area contributed by atoms with Crippen molar-refractivity contribution in [2.45, 2.75) is 32.9 Å². The van der Waals surface area contributed by atoms with Gasteiger partial charge in [0.25, 0.3) is 0 Å². The minimum Gasteiger partial charge on any atom is -0.545 e. The van der Waals surface area contributed by atoms with E-state index < -0.39 is 23.5 Å². The molecule has 0 saturated carbocycles. The maximum atomic E-state index is 12.9. The lowest BCUT2D eigenvalue weighted by atomic mass is 10.1. The predicted molar refractivity (Wildman–Crippen MR) is 63.8 cm³/mol. The molecule has 6 heteroatoms. The van der Waals surface area contributed by atoms with Crippen LogP contribution in [-0.2, 0) is 11.3 Å². The normalized spacial score (nSPS) is 10.9. The highest BCUT2D eigenvalue weighted by Crippen LogP contribution is 2.11. The van der Waals surface area contributed by atoms with E-state index in [1.54, 1.807) is 20.8 Å². The zero-order valence-corrected chi connectivity index (χ0v) is 11.0. The second kappa shape index (κ2) is 5.69. The molecule has 0 aliphatic carbocycles. The van der Waals surface area contributed by atoms with Gasteiger partial charge >= 0.3 is 6.09 Å². The molecule has 0 radical (unpaired) electrons. The number of carboxylic acids is 1. The van der Waals surface area contributed by atoms with Crippen molar-refractivity contribution in [1.29, 1.82) is 0 Å². The lowest BCUT2D eigenvalue weighted by molar-refractivity contribution is -0.255. The first-order valence-corrected chi connectivity index (χ1v) is 5.65. The summed E-state index contributed by atoms with van der Waals surface area (Å²) in [6.45, 7) is 5.03. The first kappa shape index (κ1) is 14.9. The summed E-state index contributed by atoms with van der Waals surface area (Å²) in [5.41, 5.74) is -0.701. The number of rotatable bonds is 3. The smallest absolute Gasteiger partial charge is 0.407 e.